The molecule has 1 aliphatic heterocycles. The molecular weight excluding hydrogens is 228 g/mol. The van der Waals surface area contributed by atoms with Gasteiger partial charge in [-0.15, -0.1) is 0 Å². The van der Waals surface area contributed by atoms with Crippen molar-refractivity contribution >= 4 is 15.9 Å². The summed E-state index contributed by atoms with van der Waals surface area (Å²) in [6.45, 7) is 9.19. The summed E-state index contributed by atoms with van der Waals surface area (Å²) in [7, 11) is 0. The van der Waals surface area contributed by atoms with Gasteiger partial charge in [0.25, 0.3) is 0 Å². The van der Waals surface area contributed by atoms with Crippen molar-refractivity contribution in [2.75, 3.05) is 5.33 Å². The minimum Gasteiger partial charge on any atom is -0.374 e. The van der Waals surface area contributed by atoms with Gasteiger partial charge < -0.3 is 4.74 Å². The second kappa shape index (κ2) is 4.31. The summed E-state index contributed by atoms with van der Waals surface area (Å²) in [5, 5.41) is 0.986. The quantitative estimate of drug-likeness (QED) is 0.679. The van der Waals surface area contributed by atoms with Gasteiger partial charge in [0.15, 0.2) is 0 Å². The van der Waals surface area contributed by atoms with Gasteiger partial charge in [0.2, 0.25) is 0 Å². The number of hydrogen-bond donors (Lipinski definition) is 0. The SMILES string of the molecule is CC(C1CCC(CBr)O1)C(C)(C)C. The average molecular weight is 249 g/mol. The van der Waals surface area contributed by atoms with Gasteiger partial charge >= 0.3 is 0 Å². The number of ether oxygens (including phenoxy) is 1. The number of hydrogen-bond acceptors (Lipinski definition) is 1. The molecule has 78 valence electrons. The highest BCUT2D eigenvalue weighted by Crippen LogP contribution is 2.36. The summed E-state index contributed by atoms with van der Waals surface area (Å²) >= 11 is 3.48. The minimum absolute atomic E-state index is 0.367. The van der Waals surface area contributed by atoms with Crippen molar-refractivity contribution in [3.63, 3.8) is 0 Å². The largest absolute Gasteiger partial charge is 0.374 e. The van der Waals surface area contributed by atoms with Crippen molar-refractivity contribution in [1.29, 1.82) is 0 Å². The van der Waals surface area contributed by atoms with E-state index in [0.29, 0.717) is 23.5 Å². The van der Waals surface area contributed by atoms with Crippen molar-refractivity contribution in [2.45, 2.75) is 52.7 Å². The van der Waals surface area contributed by atoms with Gasteiger partial charge in [-0.05, 0) is 24.2 Å². The molecule has 13 heavy (non-hydrogen) atoms. The van der Waals surface area contributed by atoms with Gasteiger partial charge in [-0.2, -0.15) is 0 Å². The summed E-state index contributed by atoms with van der Waals surface area (Å²) in [5.41, 5.74) is 0.367. The molecule has 0 spiro atoms. The first-order chi connectivity index (χ1) is 5.95. The van der Waals surface area contributed by atoms with Gasteiger partial charge in [-0.25, -0.2) is 0 Å². The van der Waals surface area contributed by atoms with Crippen LogP contribution in [0, 0.1) is 11.3 Å². The van der Waals surface area contributed by atoms with Gasteiger partial charge in [-0.1, -0.05) is 43.6 Å². The fourth-order valence-electron chi connectivity index (χ4n) is 1.77. The lowest BCUT2D eigenvalue weighted by Gasteiger charge is -2.32. The van der Waals surface area contributed by atoms with Crippen LogP contribution in [0.15, 0.2) is 0 Å². The second-order valence-electron chi connectivity index (χ2n) is 5.18. The Kier molecular flexibility index (Phi) is 3.82. The highest BCUT2D eigenvalue weighted by Gasteiger charge is 2.34. The predicted octanol–water partition coefficient (Wildman–Crippen LogP) is 3.61. The van der Waals surface area contributed by atoms with E-state index in [-0.39, 0.29) is 0 Å². The van der Waals surface area contributed by atoms with Crippen LogP contribution in [-0.2, 0) is 4.74 Å². The Labute approximate surface area is 90.4 Å². The lowest BCUT2D eigenvalue weighted by Crippen LogP contribution is -2.30. The van der Waals surface area contributed by atoms with E-state index in [4.69, 9.17) is 4.74 Å². The topological polar surface area (TPSA) is 9.23 Å². The summed E-state index contributed by atoms with van der Waals surface area (Å²) in [6, 6.07) is 0. The molecule has 0 aromatic rings. The molecule has 1 heterocycles. The molecular formula is C11H21BrO. The Hall–Kier alpha value is 0.440. The maximum Gasteiger partial charge on any atom is 0.0676 e. The molecule has 0 amide bonds. The Morgan fingerprint density at radius 2 is 2.00 bits per heavy atom. The van der Waals surface area contributed by atoms with E-state index in [2.05, 4.69) is 43.6 Å². The third-order valence-corrected chi connectivity index (χ3v) is 3.96. The zero-order valence-electron chi connectivity index (χ0n) is 9.14. The predicted molar refractivity (Wildman–Crippen MR) is 60.3 cm³/mol. The lowest BCUT2D eigenvalue weighted by atomic mass is 9.78. The van der Waals surface area contributed by atoms with Crippen LogP contribution in [-0.4, -0.2) is 17.5 Å². The van der Waals surface area contributed by atoms with Crippen LogP contribution in [0.5, 0.6) is 0 Å². The molecule has 1 nitrogen and oxygen atoms in total. The fourth-order valence-corrected chi connectivity index (χ4v) is 2.25. The van der Waals surface area contributed by atoms with Crippen molar-refractivity contribution < 1.29 is 4.74 Å². The average Bonchev–Trinajstić information content (AvgIpc) is 2.48. The fraction of sp³-hybridized carbons (Fsp3) is 1.00. The van der Waals surface area contributed by atoms with Gasteiger partial charge in [0.05, 0.1) is 12.2 Å². The molecule has 1 rings (SSSR count). The van der Waals surface area contributed by atoms with E-state index in [1.165, 1.54) is 12.8 Å². The van der Waals surface area contributed by atoms with Crippen molar-refractivity contribution in [3.05, 3.63) is 0 Å². The highest BCUT2D eigenvalue weighted by atomic mass is 79.9. The normalized spacial score (nSPS) is 32.1. The maximum absolute atomic E-state index is 5.95. The van der Waals surface area contributed by atoms with Crippen LogP contribution in [0.2, 0.25) is 0 Å². The Bertz CT molecular complexity index is 162. The van der Waals surface area contributed by atoms with Crippen LogP contribution in [0.3, 0.4) is 0 Å². The molecule has 0 aromatic carbocycles. The van der Waals surface area contributed by atoms with E-state index in [1.54, 1.807) is 0 Å². The molecule has 0 aromatic heterocycles. The molecule has 0 bridgehead atoms. The Morgan fingerprint density at radius 3 is 2.38 bits per heavy atom. The molecule has 1 aliphatic rings. The third-order valence-electron chi connectivity index (χ3n) is 3.24. The summed E-state index contributed by atoms with van der Waals surface area (Å²) in [5.74, 6) is 0.650. The summed E-state index contributed by atoms with van der Waals surface area (Å²) in [4.78, 5) is 0. The number of halogens is 1. The van der Waals surface area contributed by atoms with Crippen molar-refractivity contribution in [2.24, 2.45) is 11.3 Å². The smallest absolute Gasteiger partial charge is 0.0676 e. The van der Waals surface area contributed by atoms with Crippen molar-refractivity contribution in [3.8, 4) is 0 Å². The molecule has 0 aliphatic carbocycles. The molecule has 0 saturated carbocycles. The van der Waals surface area contributed by atoms with Crippen LogP contribution in [0.4, 0.5) is 0 Å². The standard InChI is InChI=1S/C11H21BrO/c1-8(11(2,3)4)10-6-5-9(7-12)13-10/h8-10H,5-7H2,1-4H3. The minimum atomic E-state index is 0.367. The molecule has 1 saturated heterocycles. The number of alkyl halides is 1. The first kappa shape index (κ1) is 11.5. The number of rotatable bonds is 2. The Morgan fingerprint density at radius 1 is 1.38 bits per heavy atom. The van der Waals surface area contributed by atoms with Crippen LogP contribution in [0.25, 0.3) is 0 Å². The molecule has 1 fully saturated rings. The lowest BCUT2D eigenvalue weighted by molar-refractivity contribution is -0.00640. The zero-order valence-corrected chi connectivity index (χ0v) is 10.7. The second-order valence-corrected chi connectivity index (χ2v) is 5.83. The molecule has 0 radical (unpaired) electrons. The first-order valence-corrected chi connectivity index (χ1v) is 6.28. The van der Waals surface area contributed by atoms with E-state index in [9.17, 15) is 0 Å². The molecule has 2 heteroatoms. The van der Waals surface area contributed by atoms with E-state index < -0.39 is 0 Å². The first-order valence-electron chi connectivity index (χ1n) is 5.16. The monoisotopic (exact) mass is 248 g/mol. The maximum atomic E-state index is 5.95. The van der Waals surface area contributed by atoms with Crippen LogP contribution >= 0.6 is 15.9 Å². The third kappa shape index (κ3) is 2.95. The van der Waals surface area contributed by atoms with Gasteiger partial charge in [0.1, 0.15) is 0 Å². The highest BCUT2D eigenvalue weighted by molar-refractivity contribution is 9.09. The van der Waals surface area contributed by atoms with Gasteiger partial charge in [-0.3, -0.25) is 0 Å². The van der Waals surface area contributed by atoms with Crippen molar-refractivity contribution in [1.82, 2.24) is 0 Å². The van der Waals surface area contributed by atoms with Gasteiger partial charge in [0, 0.05) is 5.33 Å². The molecule has 3 unspecified atom stereocenters. The Balaban J connectivity index is 2.46. The zero-order chi connectivity index (χ0) is 10.1. The van der Waals surface area contributed by atoms with Crippen LogP contribution in [0.1, 0.15) is 40.5 Å². The van der Waals surface area contributed by atoms with E-state index in [0.717, 1.165) is 5.33 Å². The van der Waals surface area contributed by atoms with E-state index in [1.807, 2.05) is 0 Å². The summed E-state index contributed by atoms with van der Waals surface area (Å²) in [6.07, 6.45) is 3.38. The van der Waals surface area contributed by atoms with E-state index >= 15 is 0 Å². The van der Waals surface area contributed by atoms with Crippen LogP contribution < -0.4 is 0 Å². The molecule has 0 N–H and O–H groups in total. The summed E-state index contributed by atoms with van der Waals surface area (Å²) < 4.78 is 5.95. The molecule has 3 atom stereocenters.